The molecule has 0 radical (unpaired) electrons. The Labute approximate surface area is 107 Å². The molecule has 0 aromatic heterocycles. The van der Waals surface area contributed by atoms with E-state index in [2.05, 4.69) is 56.0 Å². The Balaban J connectivity index is 0.000000317. The van der Waals surface area contributed by atoms with Gasteiger partial charge in [0.1, 0.15) is 0 Å². The minimum atomic E-state index is 0.833. The SMILES string of the molecule is CC(C)C.c1ccc(CN2CCCCC2)cc1. The van der Waals surface area contributed by atoms with Crippen LogP contribution in [0.15, 0.2) is 30.3 Å². The lowest BCUT2D eigenvalue weighted by Gasteiger charge is -2.26. The molecule has 0 amide bonds. The molecular formula is C16H27N. The summed E-state index contributed by atoms with van der Waals surface area (Å²) in [4.78, 5) is 2.55. The monoisotopic (exact) mass is 233 g/mol. The van der Waals surface area contributed by atoms with Crippen molar-refractivity contribution in [1.29, 1.82) is 0 Å². The van der Waals surface area contributed by atoms with Crippen molar-refractivity contribution in [2.45, 2.75) is 46.6 Å². The zero-order valence-electron chi connectivity index (χ0n) is 11.7. The number of nitrogens with zero attached hydrogens (tertiary/aromatic N) is 1. The number of hydrogen-bond donors (Lipinski definition) is 0. The summed E-state index contributed by atoms with van der Waals surface area (Å²) in [6, 6.07) is 10.8. The standard InChI is InChI=1S/C12H17N.C4H10/c1-3-7-12(8-4-1)11-13-9-5-2-6-10-13;1-4(2)3/h1,3-4,7-8H,2,5-6,9-11H2;4H,1-3H3. The predicted octanol–water partition coefficient (Wildman–Crippen LogP) is 4.33. The third-order valence-electron chi connectivity index (χ3n) is 2.70. The smallest absolute Gasteiger partial charge is 0.0233 e. The second-order valence-corrected chi connectivity index (χ2v) is 5.55. The van der Waals surface area contributed by atoms with Gasteiger partial charge in [0, 0.05) is 6.54 Å². The van der Waals surface area contributed by atoms with Gasteiger partial charge in [-0.1, -0.05) is 57.5 Å². The minimum Gasteiger partial charge on any atom is -0.299 e. The van der Waals surface area contributed by atoms with Crippen molar-refractivity contribution in [2.75, 3.05) is 13.1 Å². The molecule has 17 heavy (non-hydrogen) atoms. The second kappa shape index (κ2) is 8.30. The zero-order chi connectivity index (χ0) is 12.5. The van der Waals surface area contributed by atoms with E-state index in [9.17, 15) is 0 Å². The number of likely N-dealkylation sites (tertiary alicyclic amines) is 1. The summed E-state index contributed by atoms with van der Waals surface area (Å²) in [5.41, 5.74) is 1.45. The van der Waals surface area contributed by atoms with E-state index in [1.54, 1.807) is 0 Å². The Bertz CT molecular complexity index is 270. The van der Waals surface area contributed by atoms with Crippen LogP contribution in [0.2, 0.25) is 0 Å². The molecule has 1 aromatic rings. The fourth-order valence-corrected chi connectivity index (χ4v) is 1.96. The van der Waals surface area contributed by atoms with Crippen LogP contribution in [0.4, 0.5) is 0 Å². The highest BCUT2D eigenvalue weighted by Crippen LogP contribution is 2.12. The summed E-state index contributed by atoms with van der Waals surface area (Å²) >= 11 is 0. The average Bonchev–Trinajstić information content (AvgIpc) is 2.31. The van der Waals surface area contributed by atoms with E-state index in [0.29, 0.717) is 0 Å². The topological polar surface area (TPSA) is 3.24 Å². The summed E-state index contributed by atoms with van der Waals surface area (Å²) in [6.07, 6.45) is 4.19. The average molecular weight is 233 g/mol. The van der Waals surface area contributed by atoms with Gasteiger partial charge in [0.05, 0.1) is 0 Å². The molecular weight excluding hydrogens is 206 g/mol. The fraction of sp³-hybridized carbons (Fsp3) is 0.625. The Morgan fingerprint density at radius 2 is 1.47 bits per heavy atom. The van der Waals surface area contributed by atoms with Gasteiger partial charge in [-0.3, -0.25) is 4.90 Å². The maximum Gasteiger partial charge on any atom is 0.0233 e. The van der Waals surface area contributed by atoms with E-state index in [-0.39, 0.29) is 0 Å². The van der Waals surface area contributed by atoms with Gasteiger partial charge >= 0.3 is 0 Å². The van der Waals surface area contributed by atoms with Crippen LogP contribution in [-0.4, -0.2) is 18.0 Å². The zero-order valence-corrected chi connectivity index (χ0v) is 11.7. The molecule has 0 saturated carbocycles. The molecule has 1 aliphatic rings. The third-order valence-corrected chi connectivity index (χ3v) is 2.70. The lowest BCUT2D eigenvalue weighted by molar-refractivity contribution is 0.221. The Hall–Kier alpha value is -0.820. The van der Waals surface area contributed by atoms with E-state index in [1.807, 2.05) is 0 Å². The van der Waals surface area contributed by atoms with Crippen molar-refractivity contribution < 1.29 is 0 Å². The summed E-state index contributed by atoms with van der Waals surface area (Å²) in [7, 11) is 0. The predicted molar refractivity (Wildman–Crippen MR) is 76.1 cm³/mol. The van der Waals surface area contributed by atoms with Gasteiger partial charge in [0.2, 0.25) is 0 Å². The van der Waals surface area contributed by atoms with Crippen LogP contribution in [0.25, 0.3) is 0 Å². The Morgan fingerprint density at radius 3 is 2.00 bits per heavy atom. The molecule has 1 fully saturated rings. The molecule has 1 nitrogen and oxygen atoms in total. The molecule has 0 aliphatic carbocycles. The first-order valence-electron chi connectivity index (χ1n) is 6.94. The highest BCUT2D eigenvalue weighted by atomic mass is 15.1. The Morgan fingerprint density at radius 1 is 0.941 bits per heavy atom. The van der Waals surface area contributed by atoms with E-state index in [0.717, 1.165) is 12.5 Å². The number of rotatable bonds is 2. The maximum atomic E-state index is 2.55. The van der Waals surface area contributed by atoms with E-state index >= 15 is 0 Å². The third kappa shape index (κ3) is 7.17. The summed E-state index contributed by atoms with van der Waals surface area (Å²) in [6.45, 7) is 10.2. The van der Waals surface area contributed by atoms with Gasteiger partial charge in [0.25, 0.3) is 0 Å². The second-order valence-electron chi connectivity index (χ2n) is 5.55. The Kier molecular flexibility index (Phi) is 6.95. The van der Waals surface area contributed by atoms with Crippen molar-refractivity contribution in [2.24, 2.45) is 5.92 Å². The van der Waals surface area contributed by atoms with Crippen LogP contribution in [-0.2, 0) is 6.54 Å². The first-order chi connectivity index (χ1) is 8.18. The van der Waals surface area contributed by atoms with Crippen LogP contribution in [0.5, 0.6) is 0 Å². The summed E-state index contributed by atoms with van der Waals surface area (Å²) < 4.78 is 0. The minimum absolute atomic E-state index is 0.833. The van der Waals surface area contributed by atoms with Gasteiger partial charge in [-0.15, -0.1) is 0 Å². The lowest BCUT2D eigenvalue weighted by atomic mass is 10.1. The molecule has 0 N–H and O–H groups in total. The van der Waals surface area contributed by atoms with E-state index in [4.69, 9.17) is 0 Å². The van der Waals surface area contributed by atoms with Gasteiger partial charge < -0.3 is 0 Å². The molecule has 96 valence electrons. The van der Waals surface area contributed by atoms with Crippen molar-refractivity contribution in [3.8, 4) is 0 Å². The normalized spacial score (nSPS) is 16.5. The highest BCUT2D eigenvalue weighted by molar-refractivity contribution is 5.14. The van der Waals surface area contributed by atoms with Gasteiger partial charge in [-0.2, -0.15) is 0 Å². The molecule has 0 spiro atoms. The van der Waals surface area contributed by atoms with Crippen molar-refractivity contribution in [1.82, 2.24) is 4.90 Å². The van der Waals surface area contributed by atoms with Crippen molar-refractivity contribution in [3.63, 3.8) is 0 Å². The molecule has 1 saturated heterocycles. The number of benzene rings is 1. The first-order valence-corrected chi connectivity index (χ1v) is 6.94. The van der Waals surface area contributed by atoms with E-state index in [1.165, 1.54) is 37.9 Å². The van der Waals surface area contributed by atoms with Crippen LogP contribution in [0, 0.1) is 5.92 Å². The number of hydrogen-bond acceptors (Lipinski definition) is 1. The lowest BCUT2D eigenvalue weighted by Crippen LogP contribution is -2.28. The summed E-state index contributed by atoms with van der Waals surface area (Å²) in [5.74, 6) is 0.833. The molecule has 1 heteroatoms. The highest BCUT2D eigenvalue weighted by Gasteiger charge is 2.09. The number of piperidine rings is 1. The van der Waals surface area contributed by atoms with Crippen LogP contribution >= 0.6 is 0 Å². The molecule has 0 atom stereocenters. The molecule has 0 bridgehead atoms. The van der Waals surface area contributed by atoms with Crippen LogP contribution < -0.4 is 0 Å². The van der Waals surface area contributed by atoms with Crippen molar-refractivity contribution >= 4 is 0 Å². The molecule has 2 rings (SSSR count). The fourth-order valence-electron chi connectivity index (χ4n) is 1.96. The quantitative estimate of drug-likeness (QED) is 0.734. The van der Waals surface area contributed by atoms with Crippen LogP contribution in [0.1, 0.15) is 45.6 Å². The van der Waals surface area contributed by atoms with E-state index < -0.39 is 0 Å². The first kappa shape index (κ1) is 14.2. The molecule has 1 aliphatic heterocycles. The van der Waals surface area contributed by atoms with Crippen LogP contribution in [0.3, 0.4) is 0 Å². The van der Waals surface area contributed by atoms with Gasteiger partial charge in [-0.25, -0.2) is 0 Å². The molecule has 0 unspecified atom stereocenters. The van der Waals surface area contributed by atoms with Crippen molar-refractivity contribution in [3.05, 3.63) is 35.9 Å². The van der Waals surface area contributed by atoms with Gasteiger partial charge in [-0.05, 0) is 37.4 Å². The molecule has 1 aromatic carbocycles. The largest absolute Gasteiger partial charge is 0.299 e. The molecule has 1 heterocycles. The van der Waals surface area contributed by atoms with Gasteiger partial charge in [0.15, 0.2) is 0 Å². The summed E-state index contributed by atoms with van der Waals surface area (Å²) in [5, 5.41) is 0. The maximum absolute atomic E-state index is 2.55.